The Hall–Kier alpha value is -0.692. The number of hydrogen-bond donors (Lipinski definition) is 0. The molecule has 0 spiro atoms. The zero-order chi connectivity index (χ0) is 18.2. The monoisotopic (exact) mass is 386 g/mol. The van der Waals surface area contributed by atoms with E-state index < -0.39 is 29.4 Å². The van der Waals surface area contributed by atoms with Gasteiger partial charge in [-0.3, -0.25) is 0 Å². The summed E-state index contributed by atoms with van der Waals surface area (Å²) in [4.78, 5) is 0. The largest absolute Gasteiger partial charge is 0.0738 e. The molecule has 0 bridgehead atoms. The van der Waals surface area contributed by atoms with Gasteiger partial charge in [0.15, 0.2) is 0 Å². The lowest BCUT2D eigenvalue weighted by Gasteiger charge is -2.57. The molecule has 2 atom stereocenters. The Bertz CT molecular complexity index is 609. The van der Waals surface area contributed by atoms with Gasteiger partial charge in [-0.2, -0.15) is 0 Å². The highest BCUT2D eigenvalue weighted by Crippen LogP contribution is 2.35. The lowest BCUT2D eigenvalue weighted by Crippen LogP contribution is -2.89. The first-order valence-corrected chi connectivity index (χ1v) is 24.1. The molecule has 0 radical (unpaired) electrons. The molecular weight excluding hydrogens is 353 g/mol. The predicted octanol–water partition coefficient (Wildman–Crippen LogP) is 4.87. The van der Waals surface area contributed by atoms with Crippen molar-refractivity contribution < 1.29 is 0 Å². The molecule has 0 heterocycles. The van der Waals surface area contributed by atoms with Crippen LogP contribution in [0, 0.1) is 0 Å². The van der Waals surface area contributed by atoms with Gasteiger partial charge in [0.05, 0.1) is 14.2 Å². The minimum absolute atomic E-state index is 1.34. The van der Waals surface area contributed by atoms with Crippen molar-refractivity contribution in [3.05, 3.63) is 60.7 Å². The highest BCUT2D eigenvalue weighted by Gasteiger charge is 2.62. The van der Waals surface area contributed by atoms with E-state index in [9.17, 15) is 0 Å². The lowest BCUT2D eigenvalue weighted by molar-refractivity contribution is 1.69. The second-order valence-corrected chi connectivity index (χ2v) is 48.1. The molecule has 2 aromatic rings. The minimum Gasteiger partial charge on any atom is -0.0714 e. The quantitative estimate of drug-likeness (QED) is 0.643. The van der Waals surface area contributed by atoms with Gasteiger partial charge in [-0.05, 0) is 0 Å². The van der Waals surface area contributed by atoms with E-state index in [0.717, 1.165) is 0 Å². The third-order valence-corrected chi connectivity index (χ3v) is 69.9. The van der Waals surface area contributed by atoms with Crippen molar-refractivity contribution >= 4 is 39.8 Å². The molecule has 130 valence electrons. The maximum absolute atomic E-state index is 2.76. The molecule has 0 aliphatic carbocycles. The molecule has 0 amide bonds. The zero-order valence-electron chi connectivity index (χ0n) is 16.8. The molecule has 0 saturated carbocycles. The van der Waals surface area contributed by atoms with Crippen molar-refractivity contribution in [2.75, 3.05) is 0 Å². The van der Waals surface area contributed by atoms with Crippen LogP contribution >= 0.6 is 0 Å². The predicted molar refractivity (Wildman–Crippen MR) is 122 cm³/mol. The molecule has 0 N–H and O–H groups in total. The Kier molecular flexibility index (Phi) is 5.36. The van der Waals surface area contributed by atoms with Gasteiger partial charge in [-0.15, -0.1) is 0 Å². The number of hydrogen-bond acceptors (Lipinski definition) is 0. The normalized spacial score (nSPS) is 17.8. The Morgan fingerprint density at radius 1 is 0.417 bits per heavy atom. The molecule has 2 rings (SSSR count). The molecule has 0 saturated heterocycles. The Morgan fingerprint density at radius 2 is 0.667 bits per heavy atom. The number of benzene rings is 2. The Balaban J connectivity index is 2.88. The van der Waals surface area contributed by atoms with Crippen LogP contribution in [-0.2, 0) is 0 Å². The smallest absolute Gasteiger partial charge is 0.0714 e. The molecule has 0 aliphatic heterocycles. The van der Waals surface area contributed by atoms with Crippen molar-refractivity contribution in [1.82, 2.24) is 0 Å². The molecular formula is C20H34Si4. The van der Waals surface area contributed by atoms with Crippen LogP contribution in [0.3, 0.4) is 0 Å². The topological polar surface area (TPSA) is 0 Å². The van der Waals surface area contributed by atoms with Crippen LogP contribution in [0.1, 0.15) is 0 Å². The lowest BCUT2D eigenvalue weighted by atomic mass is 10.4. The molecule has 2 unspecified atom stereocenters. The fourth-order valence-corrected chi connectivity index (χ4v) is 81.6. The van der Waals surface area contributed by atoms with Crippen LogP contribution in [0.4, 0.5) is 0 Å². The SMILES string of the molecule is C[Si](C)(C)[Si](C)(c1ccccc1)[Si](C)(c1ccccc1)[Si](C)(C)C. The first kappa shape index (κ1) is 19.6. The average molecular weight is 387 g/mol. The summed E-state index contributed by atoms with van der Waals surface area (Å²) in [5, 5.41) is 3.43. The fourth-order valence-electron chi connectivity index (χ4n) is 4.49. The highest BCUT2D eigenvalue weighted by atomic mass is 29.8. The number of rotatable bonds is 5. The van der Waals surface area contributed by atoms with Crippen molar-refractivity contribution in [2.24, 2.45) is 0 Å². The van der Waals surface area contributed by atoms with Crippen molar-refractivity contribution in [3.63, 3.8) is 0 Å². The summed E-state index contributed by atoms with van der Waals surface area (Å²) in [6.45, 7) is 21.3. The first-order valence-electron chi connectivity index (χ1n) is 9.07. The zero-order valence-corrected chi connectivity index (χ0v) is 20.8. The minimum atomic E-state index is -1.62. The fraction of sp³-hybridized carbons (Fsp3) is 0.400. The van der Waals surface area contributed by atoms with Gasteiger partial charge in [-0.25, -0.2) is 0 Å². The highest BCUT2D eigenvalue weighted by molar-refractivity contribution is 7.88. The summed E-state index contributed by atoms with van der Waals surface area (Å²) < 4.78 is 0. The van der Waals surface area contributed by atoms with E-state index in [1.807, 2.05) is 0 Å². The summed E-state index contributed by atoms with van der Waals surface area (Å²) in [5.74, 6) is 0. The van der Waals surface area contributed by atoms with Crippen LogP contribution in [-0.4, -0.2) is 29.4 Å². The molecule has 0 nitrogen and oxygen atoms in total. The van der Waals surface area contributed by atoms with Gasteiger partial charge in [0.2, 0.25) is 0 Å². The van der Waals surface area contributed by atoms with Gasteiger partial charge < -0.3 is 0 Å². The van der Waals surface area contributed by atoms with Gasteiger partial charge in [-0.1, -0.05) is 123 Å². The van der Waals surface area contributed by atoms with E-state index in [2.05, 4.69) is 113 Å². The first-order chi connectivity index (χ1) is 11.0. The van der Waals surface area contributed by atoms with Crippen molar-refractivity contribution in [1.29, 1.82) is 0 Å². The maximum Gasteiger partial charge on any atom is 0.0738 e. The van der Waals surface area contributed by atoms with E-state index in [1.165, 1.54) is 0 Å². The van der Waals surface area contributed by atoms with E-state index >= 15 is 0 Å². The third-order valence-electron chi connectivity index (χ3n) is 6.70. The molecule has 2 aromatic carbocycles. The summed E-state index contributed by atoms with van der Waals surface area (Å²) in [6, 6.07) is 23.3. The molecule has 24 heavy (non-hydrogen) atoms. The van der Waals surface area contributed by atoms with E-state index in [4.69, 9.17) is 0 Å². The van der Waals surface area contributed by atoms with Gasteiger partial charge >= 0.3 is 0 Å². The molecule has 0 aromatic heterocycles. The van der Waals surface area contributed by atoms with E-state index in [-0.39, 0.29) is 0 Å². The Labute approximate surface area is 152 Å². The second kappa shape index (κ2) is 6.55. The average Bonchev–Trinajstić information content (AvgIpc) is 2.52. The third kappa shape index (κ3) is 2.98. The molecule has 0 aliphatic rings. The van der Waals surface area contributed by atoms with E-state index in [1.54, 1.807) is 10.4 Å². The summed E-state index contributed by atoms with van der Waals surface area (Å²) in [5.41, 5.74) is 0. The van der Waals surface area contributed by atoms with Crippen LogP contribution in [0.15, 0.2) is 60.7 Å². The van der Waals surface area contributed by atoms with Crippen LogP contribution in [0.25, 0.3) is 0 Å². The van der Waals surface area contributed by atoms with Crippen LogP contribution in [0.2, 0.25) is 52.4 Å². The van der Waals surface area contributed by atoms with Gasteiger partial charge in [0, 0.05) is 15.2 Å². The second-order valence-electron chi connectivity index (χ2n) is 9.48. The molecule has 0 fully saturated rings. The van der Waals surface area contributed by atoms with Crippen molar-refractivity contribution in [2.45, 2.75) is 52.4 Å². The van der Waals surface area contributed by atoms with Gasteiger partial charge in [0.25, 0.3) is 0 Å². The summed E-state index contributed by atoms with van der Waals surface area (Å²) in [6.07, 6.45) is 0. The van der Waals surface area contributed by atoms with Crippen LogP contribution < -0.4 is 10.4 Å². The Morgan fingerprint density at radius 3 is 0.875 bits per heavy atom. The summed E-state index contributed by atoms with van der Waals surface area (Å²) in [7, 11) is -5.92. The maximum atomic E-state index is 2.76. The van der Waals surface area contributed by atoms with Crippen LogP contribution in [0.5, 0.6) is 0 Å². The standard InChI is InChI=1S/C20H34Si4/c1-21(2,3)23(7,19-15-11-9-12-16-19)24(8,22(4,5)6)20-17-13-10-14-18-20/h9-18H,1-8H3. The summed E-state index contributed by atoms with van der Waals surface area (Å²) >= 11 is 0. The van der Waals surface area contributed by atoms with Crippen molar-refractivity contribution in [3.8, 4) is 0 Å². The van der Waals surface area contributed by atoms with Gasteiger partial charge in [0.1, 0.15) is 0 Å². The molecule has 4 heteroatoms. The van der Waals surface area contributed by atoms with E-state index in [0.29, 0.717) is 0 Å².